The number of nitrogens with zero attached hydrogens (tertiary/aromatic N) is 2. The number of carbonyl (C=O) groups is 1. The van der Waals surface area contributed by atoms with Gasteiger partial charge in [-0.25, -0.2) is 8.42 Å². The average Bonchev–Trinajstić information content (AvgIpc) is 2.54. The molecule has 1 aliphatic heterocycles. The number of halogens is 1. The van der Waals surface area contributed by atoms with E-state index in [-0.39, 0.29) is 35.2 Å². The molecule has 1 amide bonds. The zero-order chi connectivity index (χ0) is 17.2. The molecule has 0 aliphatic carbocycles. The van der Waals surface area contributed by atoms with Gasteiger partial charge in [0.25, 0.3) is 5.91 Å². The van der Waals surface area contributed by atoms with Gasteiger partial charge in [-0.2, -0.15) is 4.31 Å². The summed E-state index contributed by atoms with van der Waals surface area (Å²) >= 11 is 0. The van der Waals surface area contributed by atoms with Crippen LogP contribution in [-0.2, 0) is 10.0 Å². The summed E-state index contributed by atoms with van der Waals surface area (Å²) in [5.74, 6) is 0.0389. The second-order valence-corrected chi connectivity index (χ2v) is 8.29. The van der Waals surface area contributed by atoms with Crippen molar-refractivity contribution in [1.82, 2.24) is 9.21 Å². The normalized spacial score (nSPS) is 20.1. The van der Waals surface area contributed by atoms with Crippen LogP contribution in [0, 0.1) is 5.92 Å². The Morgan fingerprint density at radius 1 is 1.29 bits per heavy atom. The summed E-state index contributed by atoms with van der Waals surface area (Å²) in [5, 5.41) is 0. The number of hydrogen-bond acceptors (Lipinski definition) is 4. The van der Waals surface area contributed by atoms with Crippen LogP contribution in [0.3, 0.4) is 0 Å². The Balaban J connectivity index is 0.00000288. The highest BCUT2D eigenvalue weighted by Gasteiger charge is 2.31. The molecule has 1 aromatic rings. The molecule has 0 spiro atoms. The van der Waals surface area contributed by atoms with Gasteiger partial charge in [0.2, 0.25) is 10.0 Å². The molecule has 1 heterocycles. The molecule has 1 aliphatic rings. The van der Waals surface area contributed by atoms with Gasteiger partial charge in [0.1, 0.15) is 0 Å². The van der Waals surface area contributed by atoms with Crippen molar-refractivity contribution in [3.63, 3.8) is 0 Å². The molecule has 1 fully saturated rings. The SMILES string of the molecule is CC(N)C1CCCN(S(=O)(=O)c2ccc(C(=O)N(C)C)cc2)C1.Cl. The molecule has 136 valence electrons. The van der Waals surface area contributed by atoms with E-state index in [1.165, 1.54) is 21.3 Å². The third kappa shape index (κ3) is 4.47. The van der Waals surface area contributed by atoms with Crippen molar-refractivity contribution in [2.75, 3.05) is 27.2 Å². The first kappa shape index (κ1) is 20.9. The first-order chi connectivity index (χ1) is 10.7. The van der Waals surface area contributed by atoms with Gasteiger partial charge in [0.15, 0.2) is 0 Å². The summed E-state index contributed by atoms with van der Waals surface area (Å²) in [5.41, 5.74) is 6.40. The second-order valence-electron chi connectivity index (χ2n) is 6.35. The topological polar surface area (TPSA) is 83.7 Å². The van der Waals surface area contributed by atoms with E-state index >= 15 is 0 Å². The molecule has 0 saturated carbocycles. The lowest BCUT2D eigenvalue weighted by atomic mass is 9.93. The molecule has 0 radical (unpaired) electrons. The Kier molecular flexibility index (Phi) is 7.22. The predicted molar refractivity (Wildman–Crippen MR) is 96.8 cm³/mol. The van der Waals surface area contributed by atoms with Crippen molar-refractivity contribution < 1.29 is 13.2 Å². The maximum Gasteiger partial charge on any atom is 0.253 e. The number of amides is 1. The minimum Gasteiger partial charge on any atom is -0.345 e. The lowest BCUT2D eigenvalue weighted by Crippen LogP contribution is -2.44. The molecular weight excluding hydrogens is 350 g/mol. The van der Waals surface area contributed by atoms with Gasteiger partial charge < -0.3 is 10.6 Å². The van der Waals surface area contributed by atoms with Crippen molar-refractivity contribution in [3.8, 4) is 0 Å². The van der Waals surface area contributed by atoms with Crippen molar-refractivity contribution in [3.05, 3.63) is 29.8 Å². The Bertz CT molecular complexity index is 660. The number of piperidine rings is 1. The minimum atomic E-state index is -3.54. The number of nitrogens with two attached hydrogens (primary N) is 1. The highest BCUT2D eigenvalue weighted by molar-refractivity contribution is 7.89. The van der Waals surface area contributed by atoms with Crippen LogP contribution < -0.4 is 5.73 Å². The Labute approximate surface area is 150 Å². The number of rotatable bonds is 4. The van der Waals surface area contributed by atoms with Crippen LogP contribution in [0.5, 0.6) is 0 Å². The fourth-order valence-corrected chi connectivity index (χ4v) is 4.33. The van der Waals surface area contributed by atoms with Crippen molar-refractivity contribution in [2.24, 2.45) is 11.7 Å². The fourth-order valence-electron chi connectivity index (χ4n) is 2.80. The quantitative estimate of drug-likeness (QED) is 0.865. The second kappa shape index (κ2) is 8.29. The molecule has 0 bridgehead atoms. The Morgan fingerprint density at radius 3 is 2.38 bits per heavy atom. The van der Waals surface area contributed by atoms with Crippen LogP contribution in [0.15, 0.2) is 29.2 Å². The number of carbonyl (C=O) groups excluding carboxylic acids is 1. The molecule has 2 rings (SSSR count). The molecule has 6 nitrogen and oxygen atoms in total. The first-order valence-corrected chi connectivity index (χ1v) is 9.25. The van der Waals surface area contributed by atoms with Crippen molar-refractivity contribution >= 4 is 28.3 Å². The minimum absolute atomic E-state index is 0. The van der Waals surface area contributed by atoms with E-state index in [0.717, 1.165) is 12.8 Å². The van der Waals surface area contributed by atoms with E-state index in [2.05, 4.69) is 0 Å². The van der Waals surface area contributed by atoms with Crippen molar-refractivity contribution in [2.45, 2.75) is 30.7 Å². The van der Waals surface area contributed by atoms with Crippen LogP contribution in [-0.4, -0.2) is 56.8 Å². The molecule has 2 atom stereocenters. The summed E-state index contributed by atoms with van der Waals surface area (Å²) in [6, 6.07) is 6.10. The average molecular weight is 376 g/mol. The Hall–Kier alpha value is -1.15. The number of benzene rings is 1. The molecule has 24 heavy (non-hydrogen) atoms. The lowest BCUT2D eigenvalue weighted by Gasteiger charge is -2.33. The smallest absolute Gasteiger partial charge is 0.253 e. The summed E-state index contributed by atoms with van der Waals surface area (Å²) in [7, 11) is -0.215. The standard InChI is InChI=1S/C16H25N3O3S.ClH/c1-12(17)14-5-4-10-19(11-14)23(21,22)15-8-6-13(7-9-15)16(20)18(2)3;/h6-9,12,14H,4-5,10-11,17H2,1-3H3;1H. The fraction of sp³-hybridized carbons (Fsp3) is 0.562. The third-order valence-electron chi connectivity index (χ3n) is 4.31. The number of hydrogen-bond donors (Lipinski definition) is 1. The van der Waals surface area contributed by atoms with Gasteiger partial charge in [0.05, 0.1) is 4.90 Å². The highest BCUT2D eigenvalue weighted by atomic mass is 35.5. The van der Waals surface area contributed by atoms with E-state index in [4.69, 9.17) is 5.73 Å². The van der Waals surface area contributed by atoms with Gasteiger partial charge in [-0.05, 0) is 49.9 Å². The van der Waals surface area contributed by atoms with Crippen molar-refractivity contribution in [1.29, 1.82) is 0 Å². The monoisotopic (exact) mass is 375 g/mol. The molecular formula is C16H26ClN3O3S. The van der Waals surface area contributed by atoms with Crippen LogP contribution in [0.4, 0.5) is 0 Å². The Morgan fingerprint density at radius 2 is 1.88 bits per heavy atom. The van der Waals surface area contributed by atoms with Crippen LogP contribution in [0.25, 0.3) is 0 Å². The van der Waals surface area contributed by atoms with Gasteiger partial charge >= 0.3 is 0 Å². The molecule has 2 N–H and O–H groups in total. The summed E-state index contributed by atoms with van der Waals surface area (Å²) < 4.78 is 27.0. The van der Waals surface area contributed by atoms with E-state index in [0.29, 0.717) is 18.7 Å². The van der Waals surface area contributed by atoms with Gasteiger partial charge in [-0.1, -0.05) is 0 Å². The van der Waals surface area contributed by atoms with E-state index in [1.807, 2.05) is 6.92 Å². The van der Waals surface area contributed by atoms with Gasteiger partial charge in [-0.3, -0.25) is 4.79 Å². The summed E-state index contributed by atoms with van der Waals surface area (Å²) in [4.78, 5) is 13.6. The van der Waals surface area contributed by atoms with E-state index in [1.54, 1.807) is 26.2 Å². The third-order valence-corrected chi connectivity index (χ3v) is 6.19. The predicted octanol–water partition coefficient (Wildman–Crippen LogP) is 1.56. The van der Waals surface area contributed by atoms with E-state index in [9.17, 15) is 13.2 Å². The zero-order valence-electron chi connectivity index (χ0n) is 14.3. The molecule has 2 unspecified atom stereocenters. The maximum absolute atomic E-state index is 12.8. The van der Waals surface area contributed by atoms with Gasteiger partial charge in [-0.15, -0.1) is 12.4 Å². The van der Waals surface area contributed by atoms with Crippen LogP contribution in [0.2, 0.25) is 0 Å². The van der Waals surface area contributed by atoms with E-state index < -0.39 is 10.0 Å². The van der Waals surface area contributed by atoms with Crippen LogP contribution in [0.1, 0.15) is 30.1 Å². The number of sulfonamides is 1. The maximum atomic E-state index is 12.8. The summed E-state index contributed by atoms with van der Waals surface area (Å²) in [6.45, 7) is 2.89. The summed E-state index contributed by atoms with van der Waals surface area (Å²) in [6.07, 6.45) is 1.78. The zero-order valence-corrected chi connectivity index (χ0v) is 15.9. The molecule has 1 aromatic carbocycles. The van der Waals surface area contributed by atoms with Crippen LogP contribution >= 0.6 is 12.4 Å². The highest BCUT2D eigenvalue weighted by Crippen LogP contribution is 2.25. The lowest BCUT2D eigenvalue weighted by molar-refractivity contribution is 0.0827. The largest absolute Gasteiger partial charge is 0.345 e. The molecule has 8 heteroatoms. The van der Waals surface area contributed by atoms with Gasteiger partial charge in [0, 0.05) is 38.8 Å². The molecule has 1 saturated heterocycles. The molecule has 0 aromatic heterocycles. The first-order valence-electron chi connectivity index (χ1n) is 7.81.